The number of hydrogen-bond donors (Lipinski definition) is 0. The second-order valence-corrected chi connectivity index (χ2v) is 12.7. The summed E-state index contributed by atoms with van der Waals surface area (Å²) in [5.74, 6) is 0.753. The van der Waals surface area contributed by atoms with Crippen LogP contribution in [-0.2, 0) is 0 Å². The highest BCUT2D eigenvalue weighted by Gasteiger charge is 2.23. The molecule has 0 saturated heterocycles. The highest BCUT2D eigenvalue weighted by atomic mass is 15.2. The molecule has 2 heterocycles. The zero-order valence-corrected chi connectivity index (χ0v) is 28.1. The van der Waals surface area contributed by atoms with E-state index in [0.29, 0.717) is 11.8 Å². The number of benzene rings is 6. The van der Waals surface area contributed by atoms with Gasteiger partial charge < -0.3 is 0 Å². The lowest BCUT2D eigenvalue weighted by atomic mass is 9.86. The monoisotopic (exact) mass is 648 g/mol. The Morgan fingerprint density at radius 2 is 0.460 bits per heavy atom. The highest BCUT2D eigenvalue weighted by molar-refractivity contribution is 6.07. The van der Waals surface area contributed by atoms with Crippen molar-refractivity contribution in [1.29, 1.82) is 0 Å². The minimum Gasteiger partial charge on any atom is -0.155 e. The molecule has 0 fully saturated rings. The van der Waals surface area contributed by atoms with Gasteiger partial charge in [-0.3, -0.25) is 0 Å². The Labute approximate surface area is 295 Å². The van der Waals surface area contributed by atoms with Crippen LogP contribution in [0.15, 0.2) is 202 Å². The molecule has 0 aliphatic carbocycles. The standard InChI is InChI=1S/2C23H20N2/c2*1-4-10-18(11-5-1)21-16-22(19-12-6-2-7-13-19)24-25-23(17-21)20-14-8-3-9-15-20/h2*1-15,21H,16-17H2. The first-order valence-electron chi connectivity index (χ1n) is 17.4. The predicted octanol–water partition coefficient (Wildman–Crippen LogP) is 10.9. The number of rotatable bonds is 6. The summed E-state index contributed by atoms with van der Waals surface area (Å²) in [7, 11) is 0. The smallest absolute Gasteiger partial charge is 0.0709 e. The van der Waals surface area contributed by atoms with Crippen LogP contribution in [0.4, 0.5) is 0 Å². The molecule has 244 valence electrons. The Morgan fingerprint density at radius 3 is 0.680 bits per heavy atom. The lowest BCUT2D eigenvalue weighted by molar-refractivity contribution is 0.758. The predicted molar refractivity (Wildman–Crippen MR) is 209 cm³/mol. The molecular formula is C46H40N4. The normalized spacial score (nSPS) is 15.2. The zero-order valence-electron chi connectivity index (χ0n) is 28.1. The Hall–Kier alpha value is -6.00. The molecule has 0 saturated carbocycles. The summed E-state index contributed by atoms with van der Waals surface area (Å²) in [6.45, 7) is 0. The summed E-state index contributed by atoms with van der Waals surface area (Å²) in [5.41, 5.74) is 11.5. The van der Waals surface area contributed by atoms with E-state index in [1.54, 1.807) is 0 Å². The lowest BCUT2D eigenvalue weighted by Gasteiger charge is -2.17. The van der Waals surface area contributed by atoms with Crippen LogP contribution >= 0.6 is 0 Å². The Balaban J connectivity index is 0.000000157. The molecule has 6 aromatic rings. The Bertz CT molecular complexity index is 1800. The minimum atomic E-state index is 0.376. The molecule has 6 aromatic carbocycles. The van der Waals surface area contributed by atoms with E-state index in [2.05, 4.69) is 178 Å². The molecule has 0 atom stereocenters. The third-order valence-electron chi connectivity index (χ3n) is 9.31. The van der Waals surface area contributed by atoms with Crippen molar-refractivity contribution in [1.82, 2.24) is 0 Å². The fourth-order valence-electron chi connectivity index (χ4n) is 6.63. The zero-order chi connectivity index (χ0) is 33.8. The van der Waals surface area contributed by atoms with E-state index >= 15 is 0 Å². The summed E-state index contributed by atoms with van der Waals surface area (Å²) in [4.78, 5) is 0. The van der Waals surface area contributed by atoms with Crippen molar-refractivity contribution in [2.45, 2.75) is 37.5 Å². The van der Waals surface area contributed by atoms with Crippen molar-refractivity contribution < 1.29 is 0 Å². The van der Waals surface area contributed by atoms with Crippen LogP contribution < -0.4 is 0 Å². The highest BCUT2D eigenvalue weighted by Crippen LogP contribution is 2.31. The first kappa shape index (κ1) is 32.5. The molecule has 0 amide bonds. The van der Waals surface area contributed by atoms with Crippen molar-refractivity contribution in [3.05, 3.63) is 215 Å². The van der Waals surface area contributed by atoms with Gasteiger partial charge in [0.25, 0.3) is 0 Å². The van der Waals surface area contributed by atoms with Gasteiger partial charge in [0.1, 0.15) is 0 Å². The molecule has 0 unspecified atom stereocenters. The summed E-state index contributed by atoms with van der Waals surface area (Å²) in [6, 6.07) is 62.9. The second-order valence-electron chi connectivity index (χ2n) is 12.7. The van der Waals surface area contributed by atoms with Gasteiger partial charge in [-0.15, -0.1) is 0 Å². The van der Waals surface area contributed by atoms with Gasteiger partial charge in [0.05, 0.1) is 22.8 Å². The minimum absolute atomic E-state index is 0.376. The molecule has 0 N–H and O–H groups in total. The molecule has 0 radical (unpaired) electrons. The molecule has 4 heteroatoms. The van der Waals surface area contributed by atoms with Gasteiger partial charge in [0.2, 0.25) is 0 Å². The fraction of sp³-hybridized carbons (Fsp3) is 0.130. The van der Waals surface area contributed by atoms with Crippen LogP contribution in [0.1, 0.15) is 70.9 Å². The van der Waals surface area contributed by atoms with Crippen LogP contribution in [0.2, 0.25) is 0 Å². The fourth-order valence-corrected chi connectivity index (χ4v) is 6.63. The molecule has 4 nitrogen and oxygen atoms in total. The van der Waals surface area contributed by atoms with Gasteiger partial charge in [-0.1, -0.05) is 182 Å². The van der Waals surface area contributed by atoms with E-state index in [1.165, 1.54) is 11.1 Å². The summed E-state index contributed by atoms with van der Waals surface area (Å²) < 4.78 is 0. The third kappa shape index (κ3) is 8.34. The van der Waals surface area contributed by atoms with Crippen molar-refractivity contribution >= 4 is 22.8 Å². The quantitative estimate of drug-likeness (QED) is 0.173. The molecular weight excluding hydrogens is 609 g/mol. The van der Waals surface area contributed by atoms with E-state index in [1.807, 2.05) is 24.3 Å². The molecule has 2 aliphatic heterocycles. The van der Waals surface area contributed by atoms with Crippen molar-refractivity contribution in [2.75, 3.05) is 0 Å². The largest absolute Gasteiger partial charge is 0.155 e. The topological polar surface area (TPSA) is 49.4 Å². The molecule has 0 bridgehead atoms. The van der Waals surface area contributed by atoms with Crippen molar-refractivity contribution in [3.63, 3.8) is 0 Å². The van der Waals surface area contributed by atoms with E-state index in [0.717, 1.165) is 70.8 Å². The summed E-state index contributed by atoms with van der Waals surface area (Å²) in [6.07, 6.45) is 3.59. The molecule has 8 rings (SSSR count). The molecule has 2 aliphatic rings. The average molecular weight is 649 g/mol. The van der Waals surface area contributed by atoms with E-state index < -0.39 is 0 Å². The van der Waals surface area contributed by atoms with E-state index in [9.17, 15) is 0 Å². The lowest BCUT2D eigenvalue weighted by Crippen LogP contribution is -2.11. The third-order valence-corrected chi connectivity index (χ3v) is 9.31. The molecule has 0 aromatic heterocycles. The van der Waals surface area contributed by atoms with Crippen LogP contribution in [-0.4, -0.2) is 22.8 Å². The summed E-state index contributed by atoms with van der Waals surface area (Å²) in [5, 5.41) is 18.5. The van der Waals surface area contributed by atoms with Gasteiger partial charge in [-0.2, -0.15) is 20.4 Å². The maximum absolute atomic E-state index is 4.63. The maximum atomic E-state index is 4.63. The Morgan fingerprint density at radius 1 is 0.260 bits per heavy atom. The van der Waals surface area contributed by atoms with Crippen LogP contribution in [0, 0.1) is 0 Å². The SMILES string of the molecule is c1ccc(C2=NN=C(c3ccccc3)CC(c3ccccc3)C2)cc1.c1ccc(C2=NN=C(c3ccccc3)CC(c3ccccc3)C2)cc1. The average Bonchev–Trinajstić information content (AvgIpc) is 3.59. The van der Waals surface area contributed by atoms with Crippen molar-refractivity contribution in [3.8, 4) is 0 Å². The second kappa shape index (κ2) is 16.4. The van der Waals surface area contributed by atoms with Crippen molar-refractivity contribution in [2.24, 2.45) is 20.4 Å². The number of hydrogen-bond acceptors (Lipinski definition) is 4. The van der Waals surface area contributed by atoms with Crippen LogP contribution in [0.25, 0.3) is 0 Å². The molecule has 50 heavy (non-hydrogen) atoms. The van der Waals surface area contributed by atoms with Crippen LogP contribution in [0.3, 0.4) is 0 Å². The van der Waals surface area contributed by atoms with Gasteiger partial charge in [0.15, 0.2) is 0 Å². The van der Waals surface area contributed by atoms with Gasteiger partial charge in [-0.05, 0) is 70.9 Å². The van der Waals surface area contributed by atoms with Crippen LogP contribution in [0.5, 0.6) is 0 Å². The van der Waals surface area contributed by atoms with E-state index in [-0.39, 0.29) is 0 Å². The Kier molecular flexibility index (Phi) is 10.7. The van der Waals surface area contributed by atoms with Gasteiger partial charge >= 0.3 is 0 Å². The van der Waals surface area contributed by atoms with E-state index in [4.69, 9.17) is 0 Å². The van der Waals surface area contributed by atoms with Gasteiger partial charge in [-0.25, -0.2) is 0 Å². The van der Waals surface area contributed by atoms with Gasteiger partial charge in [0, 0.05) is 0 Å². The molecule has 0 spiro atoms. The summed E-state index contributed by atoms with van der Waals surface area (Å²) >= 11 is 0. The first-order chi connectivity index (χ1) is 24.8. The maximum Gasteiger partial charge on any atom is 0.0709 e. The first-order valence-corrected chi connectivity index (χ1v) is 17.4. The number of nitrogens with zero attached hydrogens (tertiary/aromatic N) is 4.